The van der Waals surface area contributed by atoms with E-state index < -0.39 is 0 Å². The van der Waals surface area contributed by atoms with Crippen LogP contribution in [0, 0.1) is 18.3 Å². The summed E-state index contributed by atoms with van der Waals surface area (Å²) in [7, 11) is 1.84. The monoisotopic (exact) mass is 337 g/mol. The second-order valence-corrected chi connectivity index (χ2v) is 5.97. The van der Waals surface area contributed by atoms with Crippen LogP contribution in [0.4, 0.5) is 5.82 Å². The van der Waals surface area contributed by atoms with Crippen LogP contribution >= 0.6 is 11.8 Å². The molecule has 0 spiro atoms. The van der Waals surface area contributed by atoms with Crippen molar-refractivity contribution >= 4 is 17.6 Å². The number of hydrogen-bond acceptors (Lipinski definition) is 7. The van der Waals surface area contributed by atoms with Gasteiger partial charge in [0.2, 0.25) is 0 Å². The van der Waals surface area contributed by atoms with Gasteiger partial charge in [-0.2, -0.15) is 10.4 Å². The summed E-state index contributed by atoms with van der Waals surface area (Å²) in [5.41, 5.74) is 10.2. The Labute approximate surface area is 143 Å². The van der Waals surface area contributed by atoms with Gasteiger partial charge in [0.25, 0.3) is 0 Å². The zero-order chi connectivity index (χ0) is 17.3. The van der Waals surface area contributed by atoms with Gasteiger partial charge in [-0.1, -0.05) is 11.8 Å². The van der Waals surface area contributed by atoms with Crippen molar-refractivity contribution in [2.45, 2.75) is 12.1 Å². The highest BCUT2D eigenvalue weighted by atomic mass is 32.2. The molecular weight excluding hydrogens is 322 g/mol. The second kappa shape index (κ2) is 6.29. The summed E-state index contributed by atoms with van der Waals surface area (Å²) in [4.78, 5) is 13.0. The van der Waals surface area contributed by atoms with Crippen molar-refractivity contribution < 1.29 is 0 Å². The molecule has 3 aromatic heterocycles. The molecule has 0 saturated carbocycles. The lowest BCUT2D eigenvalue weighted by Gasteiger charge is -2.13. The fourth-order valence-corrected chi connectivity index (χ4v) is 2.86. The number of nitrogens with two attached hydrogens (primary N) is 1. The van der Waals surface area contributed by atoms with Gasteiger partial charge >= 0.3 is 0 Å². The van der Waals surface area contributed by atoms with E-state index in [1.807, 2.05) is 26.4 Å². The zero-order valence-corrected chi connectivity index (χ0v) is 14.3. The van der Waals surface area contributed by atoms with E-state index in [9.17, 15) is 5.26 Å². The summed E-state index contributed by atoms with van der Waals surface area (Å²) in [6, 6.07) is 2.15. The van der Waals surface area contributed by atoms with Crippen molar-refractivity contribution in [3.8, 4) is 28.5 Å². The predicted octanol–water partition coefficient (Wildman–Crippen LogP) is 2.42. The van der Waals surface area contributed by atoms with E-state index >= 15 is 0 Å². The molecule has 0 aliphatic rings. The van der Waals surface area contributed by atoms with Crippen LogP contribution in [0.25, 0.3) is 22.4 Å². The second-order valence-electron chi connectivity index (χ2n) is 5.19. The normalized spacial score (nSPS) is 10.6. The molecule has 120 valence electrons. The maximum atomic E-state index is 9.52. The van der Waals surface area contributed by atoms with E-state index in [1.165, 1.54) is 11.8 Å². The fraction of sp³-hybridized carbons (Fsp3) is 0.188. The minimum absolute atomic E-state index is 0.186. The molecule has 0 atom stereocenters. The predicted molar refractivity (Wildman–Crippen MR) is 93.1 cm³/mol. The molecule has 3 aromatic rings. The summed E-state index contributed by atoms with van der Waals surface area (Å²) in [6.07, 6.45) is 8.89. The summed E-state index contributed by atoms with van der Waals surface area (Å²) >= 11 is 1.46. The van der Waals surface area contributed by atoms with Crippen molar-refractivity contribution in [3.05, 3.63) is 35.9 Å². The molecule has 0 unspecified atom stereocenters. The molecule has 7 nitrogen and oxygen atoms in total. The molecule has 0 amide bonds. The lowest BCUT2D eigenvalue weighted by atomic mass is 9.95. The molecule has 0 aromatic carbocycles. The largest absolute Gasteiger partial charge is 0.383 e. The number of pyridine rings is 1. The van der Waals surface area contributed by atoms with Gasteiger partial charge in [0, 0.05) is 42.3 Å². The van der Waals surface area contributed by atoms with E-state index in [1.54, 1.807) is 23.3 Å². The molecule has 0 bridgehead atoms. The van der Waals surface area contributed by atoms with E-state index in [0.29, 0.717) is 22.0 Å². The SMILES string of the molecule is CSc1ncc(-c2c(C)c(-c3cnn(C)c3)nc(N)c2C#N)cn1. The number of nitrogen functional groups attached to an aromatic ring is 1. The first-order valence-corrected chi connectivity index (χ1v) is 8.33. The van der Waals surface area contributed by atoms with Crippen LogP contribution in [0.2, 0.25) is 0 Å². The molecule has 0 aliphatic carbocycles. The molecule has 0 radical (unpaired) electrons. The number of aromatic nitrogens is 5. The molecule has 8 heteroatoms. The highest BCUT2D eigenvalue weighted by molar-refractivity contribution is 7.98. The van der Waals surface area contributed by atoms with Crippen LogP contribution in [-0.4, -0.2) is 31.0 Å². The fourth-order valence-electron chi connectivity index (χ4n) is 2.54. The number of hydrogen-bond donors (Lipinski definition) is 1. The summed E-state index contributed by atoms with van der Waals surface area (Å²) < 4.78 is 1.70. The first kappa shape index (κ1) is 16.0. The molecule has 3 heterocycles. The number of nitriles is 1. The Morgan fingerprint density at radius 2 is 1.92 bits per heavy atom. The highest BCUT2D eigenvalue weighted by Crippen LogP contribution is 2.35. The van der Waals surface area contributed by atoms with Crippen LogP contribution in [0.5, 0.6) is 0 Å². The maximum absolute atomic E-state index is 9.52. The average molecular weight is 337 g/mol. The van der Waals surface area contributed by atoms with Crippen LogP contribution in [-0.2, 0) is 7.05 Å². The molecule has 0 aliphatic heterocycles. The summed E-state index contributed by atoms with van der Waals surface area (Å²) in [5, 5.41) is 14.4. The molecular formula is C16H15N7S. The van der Waals surface area contributed by atoms with Gasteiger partial charge in [0.1, 0.15) is 17.5 Å². The topological polar surface area (TPSA) is 106 Å². The van der Waals surface area contributed by atoms with Crippen LogP contribution in [0.15, 0.2) is 29.9 Å². The number of nitrogens with zero attached hydrogens (tertiary/aromatic N) is 6. The Bertz CT molecular complexity index is 938. The van der Waals surface area contributed by atoms with Crippen molar-refractivity contribution in [2.75, 3.05) is 12.0 Å². The lowest BCUT2D eigenvalue weighted by molar-refractivity contribution is 0.768. The summed E-state index contributed by atoms with van der Waals surface area (Å²) in [6.45, 7) is 1.91. The maximum Gasteiger partial charge on any atom is 0.187 e. The van der Waals surface area contributed by atoms with Gasteiger partial charge in [-0.3, -0.25) is 4.68 Å². The lowest BCUT2D eigenvalue weighted by Crippen LogP contribution is -2.03. The van der Waals surface area contributed by atoms with Crippen LogP contribution in [0.3, 0.4) is 0 Å². The van der Waals surface area contributed by atoms with Gasteiger partial charge < -0.3 is 5.73 Å². The van der Waals surface area contributed by atoms with E-state index in [-0.39, 0.29) is 5.82 Å². The Balaban J connectivity index is 2.26. The van der Waals surface area contributed by atoms with Crippen molar-refractivity contribution in [1.82, 2.24) is 24.7 Å². The standard InChI is InChI=1S/C16H15N7S/c1-9-13(10-5-19-16(24-3)20-6-10)12(4-17)15(18)22-14(9)11-7-21-23(2)8-11/h5-8H,1-3H3,(H2,18,22). The minimum atomic E-state index is 0.186. The quantitative estimate of drug-likeness (QED) is 0.578. The Morgan fingerprint density at radius 3 is 2.46 bits per heavy atom. The van der Waals surface area contributed by atoms with Gasteiger partial charge in [-0.25, -0.2) is 15.0 Å². The minimum Gasteiger partial charge on any atom is -0.383 e. The van der Waals surface area contributed by atoms with Crippen molar-refractivity contribution in [2.24, 2.45) is 7.05 Å². The Kier molecular flexibility index (Phi) is 4.18. The third kappa shape index (κ3) is 2.70. The number of thioether (sulfide) groups is 1. The number of anilines is 1. The van der Waals surface area contributed by atoms with Crippen molar-refractivity contribution in [3.63, 3.8) is 0 Å². The van der Waals surface area contributed by atoms with Crippen LogP contribution in [0.1, 0.15) is 11.1 Å². The van der Waals surface area contributed by atoms with Crippen molar-refractivity contribution in [1.29, 1.82) is 5.26 Å². The Morgan fingerprint density at radius 1 is 1.21 bits per heavy atom. The molecule has 2 N–H and O–H groups in total. The molecule has 24 heavy (non-hydrogen) atoms. The van der Waals surface area contributed by atoms with E-state index in [0.717, 1.165) is 16.7 Å². The third-order valence-corrected chi connectivity index (χ3v) is 4.23. The van der Waals surface area contributed by atoms with Gasteiger partial charge in [-0.15, -0.1) is 0 Å². The molecule has 3 rings (SSSR count). The van der Waals surface area contributed by atoms with E-state index in [4.69, 9.17) is 5.73 Å². The number of aryl methyl sites for hydroxylation is 1. The highest BCUT2D eigenvalue weighted by Gasteiger charge is 2.19. The molecule has 0 saturated heterocycles. The van der Waals surface area contributed by atoms with E-state index in [2.05, 4.69) is 26.1 Å². The number of rotatable bonds is 3. The smallest absolute Gasteiger partial charge is 0.187 e. The Hall–Kier alpha value is -2.92. The first-order chi connectivity index (χ1) is 11.5. The van der Waals surface area contributed by atoms with Gasteiger partial charge in [0.15, 0.2) is 5.16 Å². The first-order valence-electron chi connectivity index (χ1n) is 7.10. The third-order valence-electron chi connectivity index (χ3n) is 3.66. The zero-order valence-electron chi connectivity index (χ0n) is 13.5. The van der Waals surface area contributed by atoms with Gasteiger partial charge in [-0.05, 0) is 18.7 Å². The average Bonchev–Trinajstić information content (AvgIpc) is 3.02. The van der Waals surface area contributed by atoms with Crippen LogP contribution < -0.4 is 5.73 Å². The molecule has 0 fully saturated rings. The summed E-state index contributed by atoms with van der Waals surface area (Å²) in [5.74, 6) is 0.186. The van der Waals surface area contributed by atoms with Gasteiger partial charge in [0.05, 0.1) is 11.9 Å².